The van der Waals surface area contributed by atoms with Crippen LogP contribution < -0.4 is 10.2 Å². The Labute approximate surface area is 121 Å². The van der Waals surface area contributed by atoms with E-state index in [-0.39, 0.29) is 0 Å². The van der Waals surface area contributed by atoms with Crippen LogP contribution in [0.15, 0.2) is 52.3 Å². The molecule has 0 saturated carbocycles. The van der Waals surface area contributed by atoms with Crippen LogP contribution in [0.3, 0.4) is 0 Å². The fourth-order valence-corrected chi connectivity index (χ4v) is 3.01. The van der Waals surface area contributed by atoms with E-state index in [4.69, 9.17) is 0 Å². The predicted molar refractivity (Wildman–Crippen MR) is 77.0 cm³/mol. The summed E-state index contributed by atoms with van der Waals surface area (Å²) in [5.41, 5.74) is 0. The lowest BCUT2D eigenvalue weighted by Crippen LogP contribution is -2.63. The van der Waals surface area contributed by atoms with Crippen molar-refractivity contribution < 1.29 is 0 Å². The normalized spacial score (nSPS) is 22.2. The molecule has 0 amide bonds. The molecule has 0 radical (unpaired) electrons. The van der Waals surface area contributed by atoms with Crippen LogP contribution in [0.5, 0.6) is 0 Å². The fourth-order valence-electron chi connectivity index (χ4n) is 2.32. The molecule has 7 nitrogen and oxygen atoms in total. The Kier molecular flexibility index (Phi) is 2.72. The van der Waals surface area contributed by atoms with Gasteiger partial charge in [-0.15, -0.1) is 21.7 Å². The second-order valence-corrected chi connectivity index (χ2v) is 5.73. The predicted octanol–water partition coefficient (Wildman–Crippen LogP) is 1.56. The van der Waals surface area contributed by atoms with Crippen molar-refractivity contribution in [2.75, 3.05) is 25.0 Å². The lowest BCUT2D eigenvalue weighted by molar-refractivity contribution is -0.176. The molecule has 3 aliphatic rings. The summed E-state index contributed by atoms with van der Waals surface area (Å²) >= 11 is 1.70. The van der Waals surface area contributed by atoms with E-state index in [9.17, 15) is 0 Å². The molecule has 4 rings (SSSR count). The van der Waals surface area contributed by atoms with Gasteiger partial charge in [0.2, 0.25) is 0 Å². The van der Waals surface area contributed by atoms with Crippen LogP contribution in [0, 0.1) is 0 Å². The Morgan fingerprint density at radius 3 is 3.00 bits per heavy atom. The molecule has 0 bridgehead atoms. The van der Waals surface area contributed by atoms with Crippen molar-refractivity contribution in [3.05, 3.63) is 41.9 Å². The molecular formula is C12H15N7S. The van der Waals surface area contributed by atoms with Crippen LogP contribution in [0.1, 0.15) is 0 Å². The first-order valence-electron chi connectivity index (χ1n) is 6.50. The summed E-state index contributed by atoms with van der Waals surface area (Å²) in [5.74, 6) is 0.828. The number of hydrazine groups is 2. The van der Waals surface area contributed by atoms with Crippen molar-refractivity contribution in [1.29, 1.82) is 0 Å². The first-order chi connectivity index (χ1) is 9.85. The maximum absolute atomic E-state index is 4.24. The zero-order chi connectivity index (χ0) is 13.5. The first-order valence-corrected chi connectivity index (χ1v) is 7.38. The summed E-state index contributed by atoms with van der Waals surface area (Å²) in [6.45, 7) is 1.89. The molecule has 1 fully saturated rings. The third-order valence-corrected chi connectivity index (χ3v) is 4.44. The number of likely N-dealkylation sites (N-methyl/N-ethyl adjacent to an activating group) is 1. The maximum atomic E-state index is 4.24. The highest BCUT2D eigenvalue weighted by molar-refractivity contribution is 7.14. The van der Waals surface area contributed by atoms with Gasteiger partial charge in [-0.05, 0) is 29.8 Å². The van der Waals surface area contributed by atoms with Gasteiger partial charge < -0.3 is 10.2 Å². The minimum atomic E-state index is 0.537. The van der Waals surface area contributed by atoms with E-state index in [1.165, 1.54) is 5.00 Å². The van der Waals surface area contributed by atoms with Crippen LogP contribution in [0.25, 0.3) is 0 Å². The van der Waals surface area contributed by atoms with Crippen molar-refractivity contribution in [3.8, 4) is 0 Å². The summed E-state index contributed by atoms with van der Waals surface area (Å²) in [5, 5.41) is 20.9. The quantitative estimate of drug-likeness (QED) is 0.915. The molecule has 0 aliphatic carbocycles. The molecule has 8 heteroatoms. The molecule has 0 atom stereocenters. The Balaban J connectivity index is 1.49. The van der Waals surface area contributed by atoms with Crippen molar-refractivity contribution in [3.63, 3.8) is 0 Å². The lowest BCUT2D eigenvalue weighted by Gasteiger charge is -2.44. The molecule has 1 aromatic rings. The van der Waals surface area contributed by atoms with Gasteiger partial charge >= 0.3 is 0 Å². The Morgan fingerprint density at radius 2 is 2.25 bits per heavy atom. The monoisotopic (exact) mass is 289 g/mol. The molecule has 1 N–H and O–H groups in total. The van der Waals surface area contributed by atoms with E-state index in [2.05, 4.69) is 37.0 Å². The lowest BCUT2D eigenvalue weighted by atomic mass is 10.2. The minimum absolute atomic E-state index is 0.537. The van der Waals surface area contributed by atoms with E-state index in [0.717, 1.165) is 18.9 Å². The Hall–Kier alpha value is -1.90. The number of nitrogens with zero attached hydrogens (tertiary/aromatic N) is 6. The van der Waals surface area contributed by atoms with Crippen molar-refractivity contribution in [2.24, 2.45) is 10.3 Å². The summed E-state index contributed by atoms with van der Waals surface area (Å²) in [6.07, 6.45) is 6.00. The van der Waals surface area contributed by atoms with Crippen LogP contribution in [0.2, 0.25) is 0 Å². The molecule has 20 heavy (non-hydrogen) atoms. The zero-order valence-electron chi connectivity index (χ0n) is 11.0. The van der Waals surface area contributed by atoms with Gasteiger partial charge in [-0.1, -0.05) is 0 Å². The van der Waals surface area contributed by atoms with Gasteiger partial charge in [0.25, 0.3) is 0 Å². The number of anilines is 1. The van der Waals surface area contributed by atoms with Crippen LogP contribution in [0.4, 0.5) is 5.00 Å². The number of hydrogen-bond acceptors (Lipinski definition) is 8. The van der Waals surface area contributed by atoms with Crippen LogP contribution in [-0.4, -0.2) is 41.4 Å². The smallest absolute Gasteiger partial charge is 0.195 e. The minimum Gasteiger partial charge on any atom is -0.314 e. The van der Waals surface area contributed by atoms with Gasteiger partial charge in [-0.2, -0.15) is 5.01 Å². The topological polar surface area (TPSA) is 49.7 Å². The number of rotatable bonds is 3. The second-order valence-electron chi connectivity index (χ2n) is 4.80. The number of thiophene rings is 1. The molecule has 1 aromatic heterocycles. The summed E-state index contributed by atoms with van der Waals surface area (Å²) in [7, 11) is 1.98. The summed E-state index contributed by atoms with van der Waals surface area (Å²) in [4.78, 5) is 2.06. The molecule has 0 aromatic carbocycles. The molecule has 4 heterocycles. The molecule has 0 unspecified atom stereocenters. The van der Waals surface area contributed by atoms with Crippen molar-refractivity contribution >= 4 is 16.3 Å². The molecule has 3 aliphatic heterocycles. The van der Waals surface area contributed by atoms with Crippen LogP contribution >= 0.6 is 11.3 Å². The highest BCUT2D eigenvalue weighted by atomic mass is 32.1. The summed E-state index contributed by atoms with van der Waals surface area (Å²) in [6, 6.07) is 4.66. The number of nitrogens with one attached hydrogen (secondary N) is 1. The Morgan fingerprint density at radius 1 is 1.35 bits per heavy atom. The zero-order valence-corrected chi connectivity index (χ0v) is 11.9. The maximum Gasteiger partial charge on any atom is 0.195 e. The third-order valence-electron chi connectivity index (χ3n) is 3.56. The van der Waals surface area contributed by atoms with Gasteiger partial charge in [0.1, 0.15) is 0 Å². The van der Waals surface area contributed by atoms with Crippen LogP contribution in [-0.2, 0) is 0 Å². The molecule has 0 spiro atoms. The number of fused-ring (bicyclic) bond motifs is 1. The van der Waals surface area contributed by atoms with Crippen molar-refractivity contribution in [2.45, 2.75) is 6.04 Å². The van der Waals surface area contributed by atoms with Gasteiger partial charge in [0, 0.05) is 31.5 Å². The average molecular weight is 289 g/mol. The van der Waals surface area contributed by atoms with Gasteiger partial charge in [0.05, 0.1) is 11.2 Å². The fraction of sp³-hybridized carbons (Fsp3) is 0.333. The summed E-state index contributed by atoms with van der Waals surface area (Å²) < 4.78 is 0. The number of hydrogen-bond donors (Lipinski definition) is 1. The van der Waals surface area contributed by atoms with Gasteiger partial charge in [-0.25, -0.2) is 5.01 Å². The van der Waals surface area contributed by atoms with E-state index >= 15 is 0 Å². The van der Waals surface area contributed by atoms with E-state index in [1.807, 2.05) is 41.9 Å². The second kappa shape index (κ2) is 4.58. The molecule has 1 saturated heterocycles. The Bertz CT molecular complexity index is 573. The third kappa shape index (κ3) is 1.80. The van der Waals surface area contributed by atoms with Gasteiger partial charge in [-0.3, -0.25) is 0 Å². The highest BCUT2D eigenvalue weighted by Gasteiger charge is 2.37. The van der Waals surface area contributed by atoms with Crippen molar-refractivity contribution in [1.82, 2.24) is 20.6 Å². The van der Waals surface area contributed by atoms with Gasteiger partial charge in [0.15, 0.2) is 5.82 Å². The standard InChI is InChI=1S/C12H15N7S/c1-13-10-7-17(8-10)19-15-14-11-9-16(4-5-18(11)19)12-3-2-6-20-12/h2-6,9-10,13H,7-8H2,1H3. The molecule has 104 valence electrons. The van der Waals surface area contributed by atoms with E-state index in [0.29, 0.717) is 6.04 Å². The largest absolute Gasteiger partial charge is 0.314 e. The SMILES string of the molecule is CNC1CN(N2N=NC3=CN(c4cccs4)C=CN32)C1. The molecular weight excluding hydrogens is 274 g/mol. The van der Waals surface area contributed by atoms with E-state index in [1.54, 1.807) is 11.3 Å². The van der Waals surface area contributed by atoms with E-state index < -0.39 is 0 Å². The first kappa shape index (κ1) is 11.9. The average Bonchev–Trinajstić information content (AvgIpc) is 3.06. The highest BCUT2D eigenvalue weighted by Crippen LogP contribution is 2.31.